The van der Waals surface area contributed by atoms with Crippen LogP contribution in [0.15, 0.2) is 212 Å². The maximum atomic E-state index is 9.89. The van der Waals surface area contributed by atoms with Crippen molar-refractivity contribution in [1.29, 1.82) is 5.26 Å². The molecule has 266 valence electrons. The predicted octanol–water partition coefficient (Wildman–Crippen LogP) is 14.1. The number of aromatic nitrogens is 2. The highest BCUT2D eigenvalue weighted by Gasteiger charge is 2.17. The van der Waals surface area contributed by atoms with Crippen LogP contribution in [0.3, 0.4) is 0 Å². The second kappa shape index (κ2) is 14.5. The van der Waals surface area contributed by atoms with Crippen molar-refractivity contribution in [3.8, 4) is 78.8 Å². The molecule has 2 aromatic heterocycles. The summed E-state index contributed by atoms with van der Waals surface area (Å²) in [6, 6.07) is 77.0. The standard InChI is InChI=1S/C54H35N3/c55-36-37-13-12-20-43(29-37)45-30-46(47-33-51(41-16-6-2-7-17-41)56-52(34-47)42-18-8-3-9-19-42)32-48(31-45)57-53-22-11-10-21-49(53)50-28-27-44(35-54(50)57)40-25-23-39(24-26-40)38-14-4-1-5-15-38/h1-35H. The van der Waals surface area contributed by atoms with Crippen LogP contribution in [0.5, 0.6) is 0 Å². The summed E-state index contributed by atoms with van der Waals surface area (Å²) in [6.07, 6.45) is 0. The molecule has 0 bridgehead atoms. The fraction of sp³-hybridized carbons (Fsp3) is 0. The number of rotatable bonds is 7. The quantitative estimate of drug-likeness (QED) is 0.164. The monoisotopic (exact) mass is 725 g/mol. The predicted molar refractivity (Wildman–Crippen MR) is 236 cm³/mol. The second-order valence-corrected chi connectivity index (χ2v) is 14.3. The highest BCUT2D eigenvalue weighted by atomic mass is 15.0. The first-order valence-electron chi connectivity index (χ1n) is 19.2. The number of pyridine rings is 1. The molecule has 10 rings (SSSR count). The normalized spacial score (nSPS) is 11.1. The summed E-state index contributed by atoms with van der Waals surface area (Å²) in [5.74, 6) is 0. The van der Waals surface area contributed by atoms with Gasteiger partial charge in [0, 0.05) is 27.6 Å². The number of fused-ring (bicyclic) bond motifs is 3. The van der Waals surface area contributed by atoms with Crippen molar-refractivity contribution in [2.45, 2.75) is 0 Å². The van der Waals surface area contributed by atoms with Gasteiger partial charge in [-0.3, -0.25) is 0 Å². The molecule has 3 heteroatoms. The van der Waals surface area contributed by atoms with Crippen molar-refractivity contribution < 1.29 is 0 Å². The Morgan fingerprint density at radius 1 is 0.333 bits per heavy atom. The molecule has 0 fully saturated rings. The van der Waals surface area contributed by atoms with Gasteiger partial charge < -0.3 is 4.57 Å². The van der Waals surface area contributed by atoms with E-state index in [0.717, 1.165) is 72.6 Å². The van der Waals surface area contributed by atoms with Gasteiger partial charge in [0.25, 0.3) is 0 Å². The molecule has 0 atom stereocenters. The van der Waals surface area contributed by atoms with Gasteiger partial charge in [-0.05, 0) is 99.1 Å². The summed E-state index contributed by atoms with van der Waals surface area (Å²) in [5.41, 5.74) is 16.7. The van der Waals surface area contributed by atoms with E-state index in [-0.39, 0.29) is 0 Å². The van der Waals surface area contributed by atoms with Crippen LogP contribution in [0.1, 0.15) is 5.56 Å². The van der Waals surface area contributed by atoms with Crippen LogP contribution in [0.25, 0.3) is 94.5 Å². The lowest BCUT2D eigenvalue weighted by Crippen LogP contribution is -1.97. The highest BCUT2D eigenvalue weighted by Crippen LogP contribution is 2.39. The number of nitriles is 1. The highest BCUT2D eigenvalue weighted by molar-refractivity contribution is 6.10. The first-order valence-corrected chi connectivity index (χ1v) is 19.2. The van der Waals surface area contributed by atoms with Gasteiger partial charge in [0.1, 0.15) is 0 Å². The van der Waals surface area contributed by atoms with Crippen LogP contribution in [0.2, 0.25) is 0 Å². The Hall–Kier alpha value is -7.80. The molecule has 0 aliphatic carbocycles. The summed E-state index contributed by atoms with van der Waals surface area (Å²) in [4.78, 5) is 5.18. The van der Waals surface area contributed by atoms with E-state index in [9.17, 15) is 5.26 Å². The summed E-state index contributed by atoms with van der Waals surface area (Å²) in [6.45, 7) is 0. The first kappa shape index (κ1) is 33.7. The van der Waals surface area contributed by atoms with E-state index < -0.39 is 0 Å². The van der Waals surface area contributed by atoms with Crippen LogP contribution in [0, 0.1) is 11.3 Å². The summed E-state index contributed by atoms with van der Waals surface area (Å²) in [7, 11) is 0. The lowest BCUT2D eigenvalue weighted by Gasteiger charge is -2.16. The lowest BCUT2D eigenvalue weighted by atomic mass is 9.95. The van der Waals surface area contributed by atoms with Gasteiger partial charge in [0.2, 0.25) is 0 Å². The number of benzene rings is 8. The second-order valence-electron chi connectivity index (χ2n) is 14.3. The van der Waals surface area contributed by atoms with Crippen LogP contribution < -0.4 is 0 Å². The molecular weight excluding hydrogens is 691 g/mol. The average molecular weight is 726 g/mol. The minimum atomic E-state index is 0.626. The number of hydrogen-bond acceptors (Lipinski definition) is 2. The van der Waals surface area contributed by atoms with E-state index >= 15 is 0 Å². The summed E-state index contributed by atoms with van der Waals surface area (Å²) >= 11 is 0. The van der Waals surface area contributed by atoms with Gasteiger partial charge in [0.15, 0.2) is 0 Å². The van der Waals surface area contributed by atoms with Crippen molar-refractivity contribution in [2.24, 2.45) is 0 Å². The molecule has 0 N–H and O–H groups in total. The van der Waals surface area contributed by atoms with Gasteiger partial charge in [-0.25, -0.2) is 4.98 Å². The van der Waals surface area contributed by atoms with E-state index in [1.54, 1.807) is 0 Å². The Labute approximate surface area is 332 Å². The molecule has 0 radical (unpaired) electrons. The van der Waals surface area contributed by atoms with Gasteiger partial charge >= 0.3 is 0 Å². The average Bonchev–Trinajstić information content (AvgIpc) is 3.63. The van der Waals surface area contributed by atoms with E-state index in [1.807, 2.05) is 30.3 Å². The lowest BCUT2D eigenvalue weighted by molar-refractivity contribution is 1.18. The Balaban J connectivity index is 1.20. The molecule has 0 aliphatic heterocycles. The third-order valence-electron chi connectivity index (χ3n) is 10.8. The molecule has 0 amide bonds. The van der Waals surface area contributed by atoms with Crippen LogP contribution in [-0.4, -0.2) is 9.55 Å². The van der Waals surface area contributed by atoms with Crippen molar-refractivity contribution in [1.82, 2.24) is 9.55 Å². The van der Waals surface area contributed by atoms with Crippen LogP contribution >= 0.6 is 0 Å². The van der Waals surface area contributed by atoms with Crippen LogP contribution in [0.4, 0.5) is 0 Å². The fourth-order valence-electron chi connectivity index (χ4n) is 7.97. The Bertz CT molecular complexity index is 3040. The number of para-hydroxylation sites is 1. The largest absolute Gasteiger partial charge is 0.309 e. The van der Waals surface area contributed by atoms with Crippen molar-refractivity contribution >= 4 is 21.8 Å². The number of nitrogens with zero attached hydrogens (tertiary/aromatic N) is 3. The topological polar surface area (TPSA) is 41.6 Å². The van der Waals surface area contributed by atoms with Crippen LogP contribution in [-0.2, 0) is 0 Å². The third-order valence-corrected chi connectivity index (χ3v) is 10.8. The molecule has 10 aromatic rings. The maximum Gasteiger partial charge on any atom is 0.0991 e. The van der Waals surface area contributed by atoms with E-state index in [4.69, 9.17) is 4.98 Å². The zero-order chi connectivity index (χ0) is 38.1. The Morgan fingerprint density at radius 2 is 0.807 bits per heavy atom. The molecule has 2 heterocycles. The zero-order valence-corrected chi connectivity index (χ0v) is 31.0. The molecule has 3 nitrogen and oxygen atoms in total. The van der Waals surface area contributed by atoms with E-state index in [1.165, 1.54) is 21.9 Å². The fourth-order valence-corrected chi connectivity index (χ4v) is 7.97. The SMILES string of the molecule is N#Cc1cccc(-c2cc(-c3cc(-c4ccccc4)nc(-c4ccccc4)c3)cc(-n3c4ccccc4c4ccc(-c5ccc(-c6ccccc6)cc5)cc43)c2)c1. The van der Waals surface area contributed by atoms with Gasteiger partial charge in [-0.1, -0.05) is 158 Å². The molecule has 0 saturated carbocycles. The molecule has 8 aromatic carbocycles. The molecule has 57 heavy (non-hydrogen) atoms. The number of hydrogen-bond donors (Lipinski definition) is 0. The molecular formula is C54H35N3. The van der Waals surface area contributed by atoms with Crippen molar-refractivity contribution in [3.05, 3.63) is 218 Å². The molecule has 0 unspecified atom stereocenters. The third kappa shape index (κ3) is 6.46. The minimum Gasteiger partial charge on any atom is -0.309 e. The van der Waals surface area contributed by atoms with Gasteiger partial charge in [-0.15, -0.1) is 0 Å². The van der Waals surface area contributed by atoms with E-state index in [2.05, 4.69) is 193 Å². The molecule has 0 saturated heterocycles. The molecule has 0 spiro atoms. The van der Waals surface area contributed by atoms with Crippen molar-refractivity contribution in [3.63, 3.8) is 0 Å². The van der Waals surface area contributed by atoms with E-state index in [0.29, 0.717) is 5.56 Å². The Morgan fingerprint density at radius 3 is 1.46 bits per heavy atom. The summed E-state index contributed by atoms with van der Waals surface area (Å²) in [5, 5.41) is 12.3. The maximum absolute atomic E-state index is 9.89. The summed E-state index contributed by atoms with van der Waals surface area (Å²) < 4.78 is 2.39. The van der Waals surface area contributed by atoms with Gasteiger partial charge in [-0.2, -0.15) is 5.26 Å². The smallest absolute Gasteiger partial charge is 0.0991 e. The Kier molecular flexibility index (Phi) is 8.56. The minimum absolute atomic E-state index is 0.626. The first-order chi connectivity index (χ1) is 28.2. The van der Waals surface area contributed by atoms with Crippen molar-refractivity contribution in [2.75, 3.05) is 0 Å². The van der Waals surface area contributed by atoms with Gasteiger partial charge in [0.05, 0.1) is 34.1 Å². The molecule has 0 aliphatic rings. The zero-order valence-electron chi connectivity index (χ0n) is 31.0.